The van der Waals surface area contributed by atoms with Gasteiger partial charge in [-0.3, -0.25) is 15.0 Å². The van der Waals surface area contributed by atoms with Gasteiger partial charge in [-0.2, -0.15) is 0 Å². The molecule has 0 N–H and O–H groups in total. The number of hydrogen-bond donors (Lipinski definition) is 0. The largest absolute Gasteiger partial charge is 0.309 e. The molecule has 0 aliphatic carbocycles. The number of nitrogens with zero attached hydrogens (tertiary/aromatic N) is 5. The summed E-state index contributed by atoms with van der Waals surface area (Å²) in [6.45, 7) is 0. The maximum absolute atomic E-state index is 4.92. The van der Waals surface area contributed by atoms with Gasteiger partial charge in [-0.1, -0.05) is 72.8 Å². The summed E-state index contributed by atoms with van der Waals surface area (Å²) < 4.78 is 4.68. The van der Waals surface area contributed by atoms with E-state index in [1.807, 2.05) is 48.9 Å². The minimum Gasteiger partial charge on any atom is -0.309 e. The molecule has 0 spiro atoms. The molecular weight excluding hydrogens is 683 g/mol. The summed E-state index contributed by atoms with van der Waals surface area (Å²) in [7, 11) is 0. The third-order valence-electron chi connectivity index (χ3n) is 10.9. The van der Waals surface area contributed by atoms with E-state index in [0.717, 1.165) is 72.5 Å². The second-order valence-corrected chi connectivity index (χ2v) is 14.1. The number of fused-ring (bicyclic) bond motifs is 6. The maximum Gasteiger partial charge on any atom is 0.0963 e. The fourth-order valence-corrected chi connectivity index (χ4v) is 8.26. The molecule has 0 saturated carbocycles. The molecule has 5 heteroatoms. The Morgan fingerprint density at radius 3 is 1.50 bits per heavy atom. The van der Waals surface area contributed by atoms with Gasteiger partial charge in [-0.25, -0.2) is 0 Å². The van der Waals surface area contributed by atoms with Crippen molar-refractivity contribution < 1.29 is 0 Å². The third kappa shape index (κ3) is 5.29. The minimum atomic E-state index is 0.930. The topological polar surface area (TPSA) is 48.5 Å². The monoisotopic (exact) mass is 715 g/mol. The molecule has 6 aromatic carbocycles. The fourth-order valence-electron chi connectivity index (χ4n) is 8.26. The van der Waals surface area contributed by atoms with Crippen LogP contribution in [0.4, 0.5) is 0 Å². The van der Waals surface area contributed by atoms with Crippen LogP contribution in [0, 0.1) is 0 Å². The summed E-state index contributed by atoms with van der Waals surface area (Å²) >= 11 is 0. The molecule has 11 rings (SSSR count). The molecule has 5 heterocycles. The summed E-state index contributed by atoms with van der Waals surface area (Å²) in [6.07, 6.45) is 5.57. The van der Waals surface area contributed by atoms with E-state index in [-0.39, 0.29) is 0 Å². The summed E-state index contributed by atoms with van der Waals surface area (Å²) in [6, 6.07) is 64.6. The highest BCUT2D eigenvalue weighted by Crippen LogP contribution is 2.38. The molecule has 11 aromatic rings. The number of aromatic nitrogens is 5. The summed E-state index contributed by atoms with van der Waals surface area (Å²) in [5, 5.41) is 3.60. The zero-order chi connectivity index (χ0) is 37.0. The lowest BCUT2D eigenvalue weighted by molar-refractivity contribution is 1.18. The first-order chi connectivity index (χ1) is 27.8. The van der Waals surface area contributed by atoms with Crippen molar-refractivity contribution in [3.8, 4) is 56.1 Å². The summed E-state index contributed by atoms with van der Waals surface area (Å²) in [4.78, 5) is 14.2. The predicted octanol–water partition coefficient (Wildman–Crippen LogP) is 12.7. The average molecular weight is 716 g/mol. The number of pyridine rings is 3. The molecule has 5 nitrogen and oxygen atoms in total. The Morgan fingerprint density at radius 1 is 0.286 bits per heavy atom. The van der Waals surface area contributed by atoms with Crippen molar-refractivity contribution in [2.24, 2.45) is 0 Å². The van der Waals surface area contributed by atoms with Crippen LogP contribution >= 0.6 is 0 Å². The third-order valence-corrected chi connectivity index (χ3v) is 10.9. The molecular formula is C51H33N5. The fraction of sp³-hybridized carbons (Fsp3) is 0. The highest BCUT2D eigenvalue weighted by atomic mass is 15.0. The van der Waals surface area contributed by atoms with E-state index in [2.05, 4.69) is 171 Å². The molecule has 0 bridgehead atoms. The van der Waals surface area contributed by atoms with Crippen LogP contribution in [0.15, 0.2) is 201 Å². The van der Waals surface area contributed by atoms with Gasteiger partial charge in [0.1, 0.15) is 0 Å². The molecule has 0 fully saturated rings. The SMILES string of the molecule is c1ccc(-n2c3ccccc3c3cc(-c4ccc5c(c4)c4ncccc4n5-c4ccc(-c5cc(-c6ccccn6)cc(-c6ccccn6)c5)cc4)ccc32)cc1. The van der Waals surface area contributed by atoms with Crippen LogP contribution in [0.5, 0.6) is 0 Å². The molecule has 0 unspecified atom stereocenters. The van der Waals surface area contributed by atoms with Gasteiger partial charge < -0.3 is 9.13 Å². The van der Waals surface area contributed by atoms with Crippen molar-refractivity contribution in [1.82, 2.24) is 24.1 Å². The highest BCUT2D eigenvalue weighted by molar-refractivity contribution is 6.12. The number of para-hydroxylation sites is 2. The highest BCUT2D eigenvalue weighted by Gasteiger charge is 2.17. The van der Waals surface area contributed by atoms with Gasteiger partial charge in [0.05, 0.1) is 39.0 Å². The van der Waals surface area contributed by atoms with Gasteiger partial charge >= 0.3 is 0 Å². The quantitative estimate of drug-likeness (QED) is 0.172. The van der Waals surface area contributed by atoms with Crippen LogP contribution in [0.1, 0.15) is 0 Å². The molecule has 0 aliphatic rings. The smallest absolute Gasteiger partial charge is 0.0963 e. The Hall–Kier alpha value is -7.63. The lowest BCUT2D eigenvalue weighted by atomic mass is 9.96. The van der Waals surface area contributed by atoms with E-state index in [1.54, 1.807) is 0 Å². The first-order valence-corrected chi connectivity index (χ1v) is 18.8. The van der Waals surface area contributed by atoms with Crippen LogP contribution < -0.4 is 0 Å². The number of benzene rings is 6. The standard InChI is InChI=1S/C51H33N5/c1-2-11-40(12-3-1)55-47-16-5-4-13-42(47)43-32-35(20-24-48(43)55)36-21-25-49-44(33-36)51-50(17-10-28-54-51)56(49)41-22-18-34(19-23-41)37-29-38(45-14-6-8-26-52-45)31-39(30-37)46-15-7-9-27-53-46/h1-33H. The van der Waals surface area contributed by atoms with Crippen LogP contribution in [-0.2, 0) is 0 Å². The van der Waals surface area contributed by atoms with Crippen LogP contribution in [0.2, 0.25) is 0 Å². The Balaban J connectivity index is 1.01. The van der Waals surface area contributed by atoms with Crippen molar-refractivity contribution in [3.63, 3.8) is 0 Å². The zero-order valence-electron chi connectivity index (χ0n) is 30.3. The first kappa shape index (κ1) is 31.9. The number of rotatable bonds is 6. The molecule has 56 heavy (non-hydrogen) atoms. The van der Waals surface area contributed by atoms with E-state index < -0.39 is 0 Å². The zero-order valence-corrected chi connectivity index (χ0v) is 30.3. The molecule has 0 atom stereocenters. The van der Waals surface area contributed by atoms with Gasteiger partial charge in [0, 0.05) is 57.3 Å². The Labute approximate surface area is 323 Å². The van der Waals surface area contributed by atoms with E-state index >= 15 is 0 Å². The first-order valence-electron chi connectivity index (χ1n) is 18.8. The van der Waals surface area contributed by atoms with Crippen molar-refractivity contribution in [1.29, 1.82) is 0 Å². The molecule has 5 aromatic heterocycles. The molecule has 0 saturated heterocycles. The van der Waals surface area contributed by atoms with E-state index in [1.165, 1.54) is 27.4 Å². The molecule has 0 aliphatic heterocycles. The van der Waals surface area contributed by atoms with Crippen LogP contribution in [-0.4, -0.2) is 24.1 Å². The van der Waals surface area contributed by atoms with Gasteiger partial charge in [0.2, 0.25) is 0 Å². The van der Waals surface area contributed by atoms with Crippen LogP contribution in [0.3, 0.4) is 0 Å². The van der Waals surface area contributed by atoms with Crippen molar-refractivity contribution in [2.45, 2.75) is 0 Å². The molecule has 0 amide bonds. The lowest BCUT2D eigenvalue weighted by Crippen LogP contribution is -1.94. The summed E-state index contributed by atoms with van der Waals surface area (Å²) in [5.41, 5.74) is 16.3. The lowest BCUT2D eigenvalue weighted by Gasteiger charge is -2.12. The van der Waals surface area contributed by atoms with Crippen molar-refractivity contribution in [2.75, 3.05) is 0 Å². The minimum absolute atomic E-state index is 0.930. The van der Waals surface area contributed by atoms with E-state index in [4.69, 9.17) is 4.98 Å². The van der Waals surface area contributed by atoms with E-state index in [0.29, 0.717) is 0 Å². The maximum atomic E-state index is 4.92. The Morgan fingerprint density at radius 2 is 0.804 bits per heavy atom. The van der Waals surface area contributed by atoms with Gasteiger partial charge in [0.25, 0.3) is 0 Å². The van der Waals surface area contributed by atoms with Crippen molar-refractivity contribution in [3.05, 3.63) is 201 Å². The molecule has 0 radical (unpaired) electrons. The predicted molar refractivity (Wildman–Crippen MR) is 230 cm³/mol. The van der Waals surface area contributed by atoms with Crippen molar-refractivity contribution >= 4 is 43.7 Å². The second kappa shape index (κ2) is 13.0. The summed E-state index contributed by atoms with van der Waals surface area (Å²) in [5.74, 6) is 0. The average Bonchev–Trinajstić information content (AvgIpc) is 3.79. The van der Waals surface area contributed by atoms with E-state index in [9.17, 15) is 0 Å². The number of hydrogen-bond acceptors (Lipinski definition) is 3. The van der Waals surface area contributed by atoms with Gasteiger partial charge in [-0.05, 0) is 131 Å². The second-order valence-electron chi connectivity index (χ2n) is 14.1. The molecule has 262 valence electrons. The van der Waals surface area contributed by atoms with Crippen LogP contribution in [0.25, 0.3) is 99.9 Å². The Bertz CT molecular complexity index is 3160. The van der Waals surface area contributed by atoms with Gasteiger partial charge in [-0.15, -0.1) is 0 Å². The van der Waals surface area contributed by atoms with Gasteiger partial charge in [0.15, 0.2) is 0 Å². The normalized spacial score (nSPS) is 11.6. The Kier molecular flexibility index (Phi) is 7.42.